The van der Waals surface area contributed by atoms with Crippen molar-refractivity contribution in [3.8, 4) is 17.1 Å². The summed E-state index contributed by atoms with van der Waals surface area (Å²) < 4.78 is 6.10. The first-order valence-corrected chi connectivity index (χ1v) is 8.37. The summed E-state index contributed by atoms with van der Waals surface area (Å²) in [6.07, 6.45) is 1.51. The van der Waals surface area contributed by atoms with E-state index >= 15 is 0 Å². The molecule has 0 saturated carbocycles. The van der Waals surface area contributed by atoms with Crippen LogP contribution in [0, 0.1) is 0 Å². The Labute approximate surface area is 137 Å². The Hall–Kier alpha value is -2.54. The van der Waals surface area contributed by atoms with Gasteiger partial charge in [0.05, 0.1) is 5.69 Å². The molecule has 1 aliphatic heterocycles. The molecule has 0 fully saturated rings. The number of ether oxygens (including phenoxy) is 1. The van der Waals surface area contributed by atoms with Crippen molar-refractivity contribution >= 4 is 17.4 Å². The molecule has 3 heterocycles. The number of nitrogens with one attached hydrogen (secondary N) is 2. The highest BCUT2D eigenvalue weighted by Gasteiger charge is 2.26. The summed E-state index contributed by atoms with van der Waals surface area (Å²) in [4.78, 5) is 7.71. The van der Waals surface area contributed by atoms with Crippen molar-refractivity contribution in [3.05, 3.63) is 48.3 Å². The highest BCUT2D eigenvalue weighted by Crippen LogP contribution is 2.39. The highest BCUT2D eigenvalue weighted by atomic mass is 32.2. The number of rotatable bonds is 3. The minimum Gasteiger partial charge on any atom is -0.446 e. The molecule has 0 radical (unpaired) electrons. The predicted molar refractivity (Wildman–Crippen MR) is 89.4 cm³/mol. The maximum atomic E-state index is 6.10. The third-order valence-corrected chi connectivity index (χ3v) is 4.23. The van der Waals surface area contributed by atoms with Gasteiger partial charge < -0.3 is 15.0 Å². The predicted octanol–water partition coefficient (Wildman–Crippen LogP) is 3.48. The van der Waals surface area contributed by atoms with E-state index in [1.165, 1.54) is 0 Å². The first-order chi connectivity index (χ1) is 11.3. The molecular formula is C16H15N5OS. The summed E-state index contributed by atoms with van der Waals surface area (Å²) in [6, 6.07) is 11.8. The molecule has 1 unspecified atom stereocenters. The number of nitrogens with zero attached hydrogens (tertiary/aromatic N) is 3. The average molecular weight is 325 g/mol. The van der Waals surface area contributed by atoms with Crippen molar-refractivity contribution < 1.29 is 4.74 Å². The number of para-hydroxylation sites is 1. The van der Waals surface area contributed by atoms with E-state index < -0.39 is 0 Å². The number of aromatic amines is 1. The monoisotopic (exact) mass is 325 g/mol. The van der Waals surface area contributed by atoms with E-state index in [2.05, 4.69) is 32.4 Å². The summed E-state index contributed by atoms with van der Waals surface area (Å²) in [6.45, 7) is 2.05. The third-order valence-electron chi connectivity index (χ3n) is 3.51. The zero-order valence-corrected chi connectivity index (χ0v) is 13.3. The number of thioether (sulfide) groups is 1. The van der Waals surface area contributed by atoms with Gasteiger partial charge in [-0.05, 0) is 24.0 Å². The van der Waals surface area contributed by atoms with Crippen LogP contribution in [0.4, 0.5) is 5.69 Å². The van der Waals surface area contributed by atoms with E-state index in [-0.39, 0.29) is 6.23 Å². The van der Waals surface area contributed by atoms with Crippen LogP contribution in [0.1, 0.15) is 18.8 Å². The van der Waals surface area contributed by atoms with Gasteiger partial charge in [-0.2, -0.15) is 4.98 Å². The first kappa shape index (κ1) is 14.1. The Morgan fingerprint density at radius 3 is 2.91 bits per heavy atom. The molecule has 3 aromatic rings. The summed E-state index contributed by atoms with van der Waals surface area (Å²) in [7, 11) is 0. The molecule has 0 bridgehead atoms. The standard InChI is InChI=1S/C16H15N5OS/c1-2-23-16-19-15-13(20-21-16)10-6-3-4-7-11(10)18-14(22-15)12-8-5-9-17-12/h3-9,14,17-18H,2H2,1H3. The average Bonchev–Trinajstić information content (AvgIpc) is 3.05. The second-order valence-corrected chi connectivity index (χ2v) is 6.23. The smallest absolute Gasteiger partial charge is 0.247 e. The van der Waals surface area contributed by atoms with Crippen LogP contribution < -0.4 is 10.1 Å². The van der Waals surface area contributed by atoms with Crippen molar-refractivity contribution in [3.63, 3.8) is 0 Å². The zero-order valence-electron chi connectivity index (χ0n) is 12.5. The number of fused-ring (bicyclic) bond motifs is 3. The van der Waals surface area contributed by atoms with E-state index in [1.54, 1.807) is 11.8 Å². The van der Waals surface area contributed by atoms with E-state index in [0.29, 0.717) is 16.7 Å². The van der Waals surface area contributed by atoms with E-state index in [1.807, 2.05) is 42.6 Å². The van der Waals surface area contributed by atoms with Crippen molar-refractivity contribution in [1.29, 1.82) is 0 Å². The molecule has 0 amide bonds. The van der Waals surface area contributed by atoms with Gasteiger partial charge in [0.15, 0.2) is 5.69 Å². The van der Waals surface area contributed by atoms with E-state index in [4.69, 9.17) is 4.74 Å². The fourth-order valence-corrected chi connectivity index (χ4v) is 2.99. The van der Waals surface area contributed by atoms with E-state index in [9.17, 15) is 0 Å². The highest BCUT2D eigenvalue weighted by molar-refractivity contribution is 7.99. The van der Waals surface area contributed by atoms with Crippen molar-refractivity contribution in [2.75, 3.05) is 11.1 Å². The number of hydrogen-bond donors (Lipinski definition) is 2. The maximum Gasteiger partial charge on any atom is 0.247 e. The molecule has 0 spiro atoms. The Morgan fingerprint density at radius 1 is 1.17 bits per heavy atom. The molecular weight excluding hydrogens is 310 g/mol. The molecule has 7 heteroatoms. The summed E-state index contributed by atoms with van der Waals surface area (Å²) in [5.74, 6) is 1.38. The van der Waals surface area contributed by atoms with Gasteiger partial charge in [0.2, 0.25) is 17.3 Å². The van der Waals surface area contributed by atoms with E-state index in [0.717, 1.165) is 22.7 Å². The SMILES string of the molecule is CCSc1nnc2c(n1)OC(c1ccc[nH]1)Nc1ccccc1-2. The lowest BCUT2D eigenvalue weighted by molar-refractivity contribution is 0.221. The minimum atomic E-state index is -0.358. The van der Waals surface area contributed by atoms with Crippen LogP contribution in [0.5, 0.6) is 5.88 Å². The lowest BCUT2D eigenvalue weighted by Crippen LogP contribution is -2.17. The fraction of sp³-hybridized carbons (Fsp3) is 0.188. The fourth-order valence-electron chi connectivity index (χ4n) is 2.49. The Balaban J connectivity index is 1.84. The quantitative estimate of drug-likeness (QED) is 0.718. The van der Waals surface area contributed by atoms with Crippen LogP contribution in [-0.2, 0) is 0 Å². The Kier molecular flexibility index (Phi) is 3.63. The van der Waals surface area contributed by atoms with Crippen LogP contribution in [0.15, 0.2) is 47.8 Å². The van der Waals surface area contributed by atoms with Gasteiger partial charge in [0.25, 0.3) is 0 Å². The number of aromatic nitrogens is 4. The van der Waals surface area contributed by atoms with Gasteiger partial charge in [-0.15, -0.1) is 10.2 Å². The molecule has 6 nitrogen and oxygen atoms in total. The van der Waals surface area contributed by atoms with Gasteiger partial charge in [-0.3, -0.25) is 0 Å². The largest absolute Gasteiger partial charge is 0.446 e. The Bertz CT molecular complexity index is 821. The molecule has 23 heavy (non-hydrogen) atoms. The second-order valence-electron chi connectivity index (χ2n) is 4.99. The molecule has 2 N–H and O–H groups in total. The normalized spacial score (nSPS) is 15.8. The summed E-state index contributed by atoms with van der Waals surface area (Å²) >= 11 is 1.54. The zero-order chi connectivity index (χ0) is 15.6. The number of H-pyrrole nitrogens is 1. The van der Waals surface area contributed by atoms with Crippen LogP contribution >= 0.6 is 11.8 Å². The number of benzene rings is 1. The summed E-state index contributed by atoms with van der Waals surface area (Å²) in [5.41, 5.74) is 3.46. The van der Waals surface area contributed by atoms with Crippen LogP contribution in [0.3, 0.4) is 0 Å². The lowest BCUT2D eigenvalue weighted by atomic mass is 10.1. The summed E-state index contributed by atoms with van der Waals surface area (Å²) in [5, 5.41) is 12.6. The minimum absolute atomic E-state index is 0.358. The van der Waals surface area contributed by atoms with Crippen molar-refractivity contribution in [2.24, 2.45) is 0 Å². The Morgan fingerprint density at radius 2 is 2.09 bits per heavy atom. The topological polar surface area (TPSA) is 75.7 Å². The lowest BCUT2D eigenvalue weighted by Gasteiger charge is -2.17. The molecule has 0 saturated heterocycles. The van der Waals surface area contributed by atoms with Crippen molar-refractivity contribution in [1.82, 2.24) is 20.2 Å². The molecule has 2 aromatic heterocycles. The van der Waals surface area contributed by atoms with Gasteiger partial charge in [-0.25, -0.2) is 0 Å². The number of anilines is 1. The molecule has 1 aliphatic rings. The molecule has 1 aromatic carbocycles. The second kappa shape index (κ2) is 5.92. The van der Waals surface area contributed by atoms with Crippen LogP contribution in [-0.4, -0.2) is 25.9 Å². The molecule has 1 atom stereocenters. The van der Waals surface area contributed by atoms with Crippen LogP contribution in [0.2, 0.25) is 0 Å². The third kappa shape index (κ3) is 2.63. The van der Waals surface area contributed by atoms with Crippen LogP contribution in [0.25, 0.3) is 11.3 Å². The van der Waals surface area contributed by atoms with Gasteiger partial charge in [0, 0.05) is 17.4 Å². The first-order valence-electron chi connectivity index (χ1n) is 7.38. The van der Waals surface area contributed by atoms with Gasteiger partial charge >= 0.3 is 0 Å². The van der Waals surface area contributed by atoms with Gasteiger partial charge in [-0.1, -0.05) is 36.9 Å². The molecule has 0 aliphatic carbocycles. The van der Waals surface area contributed by atoms with Gasteiger partial charge in [0.1, 0.15) is 0 Å². The molecule has 4 rings (SSSR count). The maximum absolute atomic E-state index is 6.10. The number of hydrogen-bond acceptors (Lipinski definition) is 6. The molecule has 116 valence electrons. The van der Waals surface area contributed by atoms with Crippen molar-refractivity contribution in [2.45, 2.75) is 18.3 Å².